The standard InChI is InChI=1S/C7H13F3O.C2H6/c1-3-4-5-6(2)11-7(8,9)10;1-2/h6H,3-5H2,1-2H3;1-2H3/t6-;/m1./s1. The number of halogens is 3. The maximum atomic E-state index is 11.5. The predicted octanol–water partition coefficient (Wildman–Crippen LogP) is 4.13. The zero-order valence-corrected chi connectivity index (χ0v) is 8.74. The smallest absolute Gasteiger partial charge is 0.289 e. The third kappa shape index (κ3) is 14.6. The minimum absolute atomic E-state index is 0.468. The lowest BCUT2D eigenvalue weighted by Crippen LogP contribution is -2.21. The Bertz CT molecular complexity index is 102. The Morgan fingerprint density at radius 2 is 1.69 bits per heavy atom. The molecule has 0 aromatic carbocycles. The SMILES string of the molecule is CC.CCCC[C@@H](C)OC(F)(F)F. The Morgan fingerprint density at radius 3 is 2.00 bits per heavy atom. The average Bonchev–Trinajstić information content (AvgIpc) is 2.01. The largest absolute Gasteiger partial charge is 0.522 e. The second kappa shape index (κ2) is 8.35. The first kappa shape index (κ1) is 15.2. The Labute approximate surface area is 78.3 Å². The third-order valence-corrected chi connectivity index (χ3v) is 1.30. The van der Waals surface area contributed by atoms with Crippen LogP contribution < -0.4 is 0 Å². The van der Waals surface area contributed by atoms with E-state index in [9.17, 15) is 13.2 Å². The summed E-state index contributed by atoms with van der Waals surface area (Å²) in [6.45, 7) is 7.36. The lowest BCUT2D eigenvalue weighted by atomic mass is 10.2. The Kier molecular flexibility index (Phi) is 9.79. The van der Waals surface area contributed by atoms with Gasteiger partial charge in [-0.25, -0.2) is 0 Å². The van der Waals surface area contributed by atoms with E-state index in [0.29, 0.717) is 6.42 Å². The highest BCUT2D eigenvalue weighted by Crippen LogP contribution is 2.20. The molecule has 4 heteroatoms. The van der Waals surface area contributed by atoms with Crippen LogP contribution >= 0.6 is 0 Å². The average molecular weight is 200 g/mol. The van der Waals surface area contributed by atoms with Gasteiger partial charge < -0.3 is 0 Å². The van der Waals surface area contributed by atoms with Crippen molar-refractivity contribution in [2.75, 3.05) is 0 Å². The van der Waals surface area contributed by atoms with Crippen LogP contribution in [0, 0.1) is 0 Å². The van der Waals surface area contributed by atoms with E-state index >= 15 is 0 Å². The lowest BCUT2D eigenvalue weighted by Gasteiger charge is -2.13. The quantitative estimate of drug-likeness (QED) is 0.663. The van der Waals surface area contributed by atoms with Crippen molar-refractivity contribution in [2.45, 2.75) is 59.4 Å². The van der Waals surface area contributed by atoms with E-state index in [4.69, 9.17) is 0 Å². The van der Waals surface area contributed by atoms with E-state index in [2.05, 4.69) is 4.74 Å². The highest BCUT2D eigenvalue weighted by molar-refractivity contribution is 4.50. The van der Waals surface area contributed by atoms with Crippen LogP contribution in [0.5, 0.6) is 0 Å². The molecule has 0 aromatic heterocycles. The monoisotopic (exact) mass is 200 g/mol. The Hall–Kier alpha value is -0.250. The molecule has 82 valence electrons. The number of rotatable bonds is 4. The molecule has 0 amide bonds. The molecule has 0 radical (unpaired) electrons. The maximum Gasteiger partial charge on any atom is 0.522 e. The Morgan fingerprint density at radius 1 is 1.23 bits per heavy atom. The third-order valence-electron chi connectivity index (χ3n) is 1.30. The van der Waals surface area contributed by atoms with Gasteiger partial charge in [-0.2, -0.15) is 0 Å². The first-order valence-electron chi connectivity index (χ1n) is 4.70. The van der Waals surface area contributed by atoms with Gasteiger partial charge >= 0.3 is 6.36 Å². The van der Waals surface area contributed by atoms with Crippen LogP contribution in [-0.2, 0) is 4.74 Å². The van der Waals surface area contributed by atoms with Crippen molar-refractivity contribution in [3.05, 3.63) is 0 Å². The van der Waals surface area contributed by atoms with E-state index in [1.54, 1.807) is 0 Å². The van der Waals surface area contributed by atoms with Crippen LogP contribution in [0.2, 0.25) is 0 Å². The summed E-state index contributed by atoms with van der Waals surface area (Å²) in [5.74, 6) is 0. The number of ether oxygens (including phenoxy) is 1. The molecule has 0 spiro atoms. The first-order chi connectivity index (χ1) is 5.95. The summed E-state index contributed by atoms with van der Waals surface area (Å²) in [5, 5.41) is 0. The summed E-state index contributed by atoms with van der Waals surface area (Å²) < 4.78 is 38.3. The predicted molar refractivity (Wildman–Crippen MR) is 47.5 cm³/mol. The van der Waals surface area contributed by atoms with Crippen molar-refractivity contribution in [1.82, 2.24) is 0 Å². The van der Waals surface area contributed by atoms with Gasteiger partial charge in [-0.3, -0.25) is 4.74 Å². The van der Waals surface area contributed by atoms with Gasteiger partial charge in [-0.15, -0.1) is 13.2 Å². The summed E-state index contributed by atoms with van der Waals surface area (Å²) >= 11 is 0. The summed E-state index contributed by atoms with van der Waals surface area (Å²) in [6.07, 6.45) is -3.05. The molecule has 0 saturated carbocycles. The van der Waals surface area contributed by atoms with Gasteiger partial charge in [0.15, 0.2) is 0 Å². The molecule has 1 nitrogen and oxygen atoms in total. The molecule has 0 aliphatic rings. The van der Waals surface area contributed by atoms with Crippen molar-refractivity contribution in [3.8, 4) is 0 Å². The van der Waals surface area contributed by atoms with Gasteiger partial charge in [-0.1, -0.05) is 33.6 Å². The fraction of sp³-hybridized carbons (Fsp3) is 1.00. The lowest BCUT2D eigenvalue weighted by molar-refractivity contribution is -0.340. The molecule has 13 heavy (non-hydrogen) atoms. The maximum absolute atomic E-state index is 11.5. The molecule has 0 aliphatic carbocycles. The van der Waals surface area contributed by atoms with Crippen LogP contribution in [0.3, 0.4) is 0 Å². The molecule has 0 heterocycles. The van der Waals surface area contributed by atoms with Gasteiger partial charge in [-0.05, 0) is 13.3 Å². The molecule has 0 fully saturated rings. The summed E-state index contributed by atoms with van der Waals surface area (Å²) in [5.41, 5.74) is 0. The van der Waals surface area contributed by atoms with Gasteiger partial charge in [0.05, 0.1) is 6.10 Å². The molecule has 0 aliphatic heterocycles. The minimum Gasteiger partial charge on any atom is -0.289 e. The zero-order valence-electron chi connectivity index (χ0n) is 8.74. The van der Waals surface area contributed by atoms with Crippen molar-refractivity contribution in [2.24, 2.45) is 0 Å². The number of hydrogen-bond donors (Lipinski definition) is 0. The number of alkyl halides is 3. The van der Waals surface area contributed by atoms with E-state index in [-0.39, 0.29) is 0 Å². The van der Waals surface area contributed by atoms with Gasteiger partial charge in [0, 0.05) is 0 Å². The molecule has 0 unspecified atom stereocenters. The van der Waals surface area contributed by atoms with E-state index < -0.39 is 12.5 Å². The molecule has 1 atom stereocenters. The molecule has 0 N–H and O–H groups in total. The summed E-state index contributed by atoms with van der Waals surface area (Å²) in [6, 6.07) is 0. The highest BCUT2D eigenvalue weighted by Gasteiger charge is 2.31. The van der Waals surface area contributed by atoms with Crippen molar-refractivity contribution < 1.29 is 17.9 Å². The van der Waals surface area contributed by atoms with E-state index in [1.165, 1.54) is 6.92 Å². The number of hydrogen-bond acceptors (Lipinski definition) is 1. The topological polar surface area (TPSA) is 9.23 Å². The van der Waals surface area contributed by atoms with Gasteiger partial charge in [0.1, 0.15) is 0 Å². The summed E-state index contributed by atoms with van der Waals surface area (Å²) in [4.78, 5) is 0. The van der Waals surface area contributed by atoms with Crippen molar-refractivity contribution in [1.29, 1.82) is 0 Å². The minimum atomic E-state index is -4.48. The number of unbranched alkanes of at least 4 members (excludes halogenated alkanes) is 1. The van der Waals surface area contributed by atoms with Crippen LogP contribution in [-0.4, -0.2) is 12.5 Å². The molecule has 0 aromatic rings. The van der Waals surface area contributed by atoms with Crippen LogP contribution in [0.4, 0.5) is 13.2 Å². The van der Waals surface area contributed by atoms with Crippen LogP contribution in [0.25, 0.3) is 0 Å². The highest BCUT2D eigenvalue weighted by atomic mass is 19.4. The molecule has 0 saturated heterocycles. The fourth-order valence-electron chi connectivity index (χ4n) is 0.779. The van der Waals surface area contributed by atoms with Gasteiger partial charge in [0.25, 0.3) is 0 Å². The molecular weight excluding hydrogens is 181 g/mol. The molecular formula is C9H19F3O. The second-order valence-corrected chi connectivity index (χ2v) is 2.52. The molecule has 0 rings (SSSR count). The second-order valence-electron chi connectivity index (χ2n) is 2.52. The van der Waals surface area contributed by atoms with Gasteiger partial charge in [0.2, 0.25) is 0 Å². The van der Waals surface area contributed by atoms with E-state index in [1.807, 2.05) is 20.8 Å². The van der Waals surface area contributed by atoms with E-state index in [0.717, 1.165) is 12.8 Å². The van der Waals surface area contributed by atoms with Crippen molar-refractivity contribution in [3.63, 3.8) is 0 Å². The van der Waals surface area contributed by atoms with Crippen LogP contribution in [0.1, 0.15) is 47.0 Å². The van der Waals surface area contributed by atoms with Crippen molar-refractivity contribution >= 4 is 0 Å². The normalized spacial score (nSPS) is 13.2. The summed E-state index contributed by atoms with van der Waals surface area (Å²) in [7, 11) is 0. The first-order valence-corrected chi connectivity index (χ1v) is 4.70. The van der Waals surface area contributed by atoms with Crippen LogP contribution in [0.15, 0.2) is 0 Å². The fourth-order valence-corrected chi connectivity index (χ4v) is 0.779. The Balaban J connectivity index is 0. The molecule has 0 bridgehead atoms. The zero-order chi connectivity index (χ0) is 10.9.